The smallest absolute Gasteiger partial charge is 0.335 e. The number of fused-ring (bicyclic) bond motifs is 1. The van der Waals surface area contributed by atoms with E-state index in [2.05, 4.69) is 20.9 Å². The van der Waals surface area contributed by atoms with Crippen LogP contribution in [0.1, 0.15) is 23.3 Å². The van der Waals surface area contributed by atoms with Gasteiger partial charge >= 0.3 is 5.97 Å². The van der Waals surface area contributed by atoms with Gasteiger partial charge in [0.15, 0.2) is 5.60 Å². The van der Waals surface area contributed by atoms with Crippen LogP contribution in [0.15, 0.2) is 28.7 Å². The third-order valence-electron chi connectivity index (χ3n) is 4.13. The number of carbonyl (C=O) groups excluding carboxylic acids is 1. The molecule has 1 aliphatic rings. The minimum atomic E-state index is -1.73. The summed E-state index contributed by atoms with van der Waals surface area (Å²) in [6, 6.07) is 7.57. The normalized spacial score (nSPS) is 17.6. The molecule has 2 heterocycles. The van der Waals surface area contributed by atoms with Crippen molar-refractivity contribution in [2.24, 2.45) is 0 Å². The van der Waals surface area contributed by atoms with Gasteiger partial charge in [-0.1, -0.05) is 18.2 Å². The molecule has 0 radical (unpaired) electrons. The van der Waals surface area contributed by atoms with E-state index >= 15 is 0 Å². The van der Waals surface area contributed by atoms with Crippen molar-refractivity contribution in [3.8, 4) is 0 Å². The number of halogens is 1. The maximum absolute atomic E-state index is 12.6. The van der Waals surface area contributed by atoms with Crippen molar-refractivity contribution in [2.45, 2.75) is 18.4 Å². The summed E-state index contributed by atoms with van der Waals surface area (Å²) in [7, 11) is 0. The van der Waals surface area contributed by atoms with Crippen LogP contribution in [0.2, 0.25) is 0 Å². The second-order valence-electron chi connectivity index (χ2n) is 5.49. The fourth-order valence-corrected chi connectivity index (χ4v) is 3.32. The number of carboxylic acids is 1. The number of aromatic amines is 1. The molecule has 1 amide bonds. The van der Waals surface area contributed by atoms with Gasteiger partial charge in [-0.25, -0.2) is 4.79 Å². The Morgan fingerprint density at radius 3 is 2.45 bits per heavy atom. The predicted octanol–water partition coefficient (Wildman–Crippen LogP) is 1.98. The topological polar surface area (TPSA) is 93.6 Å². The van der Waals surface area contributed by atoms with E-state index in [0.717, 1.165) is 10.9 Å². The highest BCUT2D eigenvalue weighted by Gasteiger charge is 2.40. The van der Waals surface area contributed by atoms with Crippen LogP contribution in [-0.4, -0.2) is 50.7 Å². The fourth-order valence-electron chi connectivity index (χ4n) is 2.71. The van der Waals surface area contributed by atoms with Gasteiger partial charge in [0.05, 0.1) is 4.47 Å². The number of rotatable bonds is 2. The molecule has 0 atom stereocenters. The summed E-state index contributed by atoms with van der Waals surface area (Å²) in [5.41, 5.74) is -0.423. The largest absolute Gasteiger partial charge is 0.479 e. The molecule has 0 unspecified atom stereocenters. The van der Waals surface area contributed by atoms with Crippen molar-refractivity contribution in [1.82, 2.24) is 9.88 Å². The van der Waals surface area contributed by atoms with Gasteiger partial charge in [0.1, 0.15) is 5.69 Å². The van der Waals surface area contributed by atoms with Crippen LogP contribution in [0.4, 0.5) is 0 Å². The number of nitrogens with one attached hydrogen (secondary N) is 1. The number of aliphatic hydroxyl groups is 1. The first-order valence-corrected chi connectivity index (χ1v) is 7.73. The van der Waals surface area contributed by atoms with E-state index < -0.39 is 11.6 Å². The summed E-state index contributed by atoms with van der Waals surface area (Å²) < 4.78 is 0.701. The molecule has 116 valence electrons. The summed E-state index contributed by atoms with van der Waals surface area (Å²) in [5.74, 6) is -1.43. The first kappa shape index (κ1) is 15.1. The maximum atomic E-state index is 12.6. The zero-order valence-electron chi connectivity index (χ0n) is 11.7. The van der Waals surface area contributed by atoms with Crippen LogP contribution in [0.3, 0.4) is 0 Å². The van der Waals surface area contributed by atoms with Crippen LogP contribution in [-0.2, 0) is 4.79 Å². The maximum Gasteiger partial charge on any atom is 0.335 e. The molecule has 2 aromatic rings. The molecule has 1 aliphatic heterocycles. The van der Waals surface area contributed by atoms with Crippen LogP contribution in [0.25, 0.3) is 10.9 Å². The molecule has 1 saturated heterocycles. The van der Waals surface area contributed by atoms with Crippen molar-refractivity contribution >= 4 is 38.7 Å². The van der Waals surface area contributed by atoms with E-state index in [1.54, 1.807) is 4.90 Å². The van der Waals surface area contributed by atoms with E-state index in [9.17, 15) is 14.7 Å². The monoisotopic (exact) mass is 366 g/mol. The molecule has 0 bridgehead atoms. The number of para-hydroxylation sites is 1. The quantitative estimate of drug-likeness (QED) is 0.757. The average molecular weight is 367 g/mol. The number of carbonyl (C=O) groups is 2. The number of hydrogen-bond acceptors (Lipinski definition) is 3. The summed E-state index contributed by atoms with van der Waals surface area (Å²) in [6.07, 6.45) is 0.0673. The van der Waals surface area contributed by atoms with Gasteiger partial charge in [-0.3, -0.25) is 4.79 Å². The number of aromatic nitrogens is 1. The zero-order valence-corrected chi connectivity index (χ0v) is 13.3. The minimum absolute atomic E-state index is 0.0337. The number of nitrogens with zero attached hydrogens (tertiary/aromatic N) is 1. The highest BCUT2D eigenvalue weighted by atomic mass is 79.9. The Labute approximate surface area is 134 Å². The standard InChI is InChI=1S/C15H15BrN2O4/c16-11-9-3-1-2-4-10(9)17-12(11)13(19)18-7-5-15(22,6-8-18)14(20)21/h1-4,17,22H,5-8H2,(H,20,21). The number of likely N-dealkylation sites (tertiary alicyclic amines) is 1. The van der Waals surface area contributed by atoms with Crippen LogP contribution in [0, 0.1) is 0 Å². The number of amides is 1. The molecule has 3 rings (SSSR count). The van der Waals surface area contributed by atoms with Crippen molar-refractivity contribution in [1.29, 1.82) is 0 Å². The third kappa shape index (κ3) is 2.40. The molecule has 22 heavy (non-hydrogen) atoms. The summed E-state index contributed by atoms with van der Waals surface area (Å²) in [4.78, 5) is 28.3. The second-order valence-corrected chi connectivity index (χ2v) is 6.28. The lowest BCUT2D eigenvalue weighted by Gasteiger charge is -2.35. The summed E-state index contributed by atoms with van der Waals surface area (Å²) in [5, 5.41) is 19.9. The number of piperidine rings is 1. The van der Waals surface area contributed by atoms with Gasteiger partial charge in [-0.2, -0.15) is 0 Å². The molecule has 1 aromatic carbocycles. The highest BCUT2D eigenvalue weighted by Crippen LogP contribution is 2.30. The lowest BCUT2D eigenvalue weighted by atomic mass is 9.91. The lowest BCUT2D eigenvalue weighted by molar-refractivity contribution is -0.162. The van der Waals surface area contributed by atoms with Gasteiger partial charge < -0.3 is 20.1 Å². The van der Waals surface area contributed by atoms with Crippen LogP contribution < -0.4 is 0 Å². The Hall–Kier alpha value is -1.86. The Balaban J connectivity index is 1.83. The average Bonchev–Trinajstić information content (AvgIpc) is 2.85. The molecule has 1 fully saturated rings. The number of carboxylic acid groups (broad SMARTS) is 1. The Bertz CT molecular complexity index is 747. The van der Waals surface area contributed by atoms with E-state index in [1.165, 1.54) is 0 Å². The van der Waals surface area contributed by atoms with Crippen molar-refractivity contribution < 1.29 is 19.8 Å². The highest BCUT2D eigenvalue weighted by molar-refractivity contribution is 9.10. The van der Waals surface area contributed by atoms with Gasteiger partial charge in [0.25, 0.3) is 5.91 Å². The van der Waals surface area contributed by atoms with E-state index in [1.807, 2.05) is 24.3 Å². The van der Waals surface area contributed by atoms with Crippen molar-refractivity contribution in [2.75, 3.05) is 13.1 Å². The lowest BCUT2D eigenvalue weighted by Crippen LogP contribution is -2.50. The van der Waals surface area contributed by atoms with Gasteiger partial charge in [0, 0.05) is 36.8 Å². The molecule has 3 N–H and O–H groups in total. The van der Waals surface area contributed by atoms with Crippen LogP contribution in [0.5, 0.6) is 0 Å². The SMILES string of the molecule is O=C(c1[nH]c2ccccc2c1Br)N1CCC(O)(C(=O)O)CC1. The van der Waals surface area contributed by atoms with Gasteiger partial charge in [-0.05, 0) is 22.0 Å². The van der Waals surface area contributed by atoms with E-state index in [0.29, 0.717) is 10.2 Å². The Morgan fingerprint density at radius 2 is 1.86 bits per heavy atom. The third-order valence-corrected chi connectivity index (χ3v) is 4.96. The zero-order chi connectivity index (χ0) is 15.9. The molecule has 0 spiro atoms. The van der Waals surface area contributed by atoms with Crippen molar-refractivity contribution in [3.05, 3.63) is 34.4 Å². The molecule has 0 aliphatic carbocycles. The Morgan fingerprint density at radius 1 is 1.23 bits per heavy atom. The first-order valence-electron chi connectivity index (χ1n) is 6.93. The number of benzene rings is 1. The Kier molecular flexibility index (Phi) is 3.70. The predicted molar refractivity (Wildman–Crippen MR) is 83.7 cm³/mol. The van der Waals surface area contributed by atoms with E-state index in [-0.39, 0.29) is 31.8 Å². The molecule has 0 saturated carbocycles. The molecule has 7 heteroatoms. The number of aliphatic carboxylic acids is 1. The number of H-pyrrole nitrogens is 1. The molecular weight excluding hydrogens is 352 g/mol. The molecule has 6 nitrogen and oxygen atoms in total. The molecule has 1 aromatic heterocycles. The first-order chi connectivity index (χ1) is 10.4. The second kappa shape index (κ2) is 5.40. The van der Waals surface area contributed by atoms with Crippen LogP contribution >= 0.6 is 15.9 Å². The van der Waals surface area contributed by atoms with Gasteiger partial charge in [-0.15, -0.1) is 0 Å². The van der Waals surface area contributed by atoms with E-state index in [4.69, 9.17) is 5.11 Å². The van der Waals surface area contributed by atoms with Crippen molar-refractivity contribution in [3.63, 3.8) is 0 Å². The van der Waals surface area contributed by atoms with Gasteiger partial charge in [0.2, 0.25) is 0 Å². The molecular formula is C15H15BrN2O4. The fraction of sp³-hybridized carbons (Fsp3) is 0.333. The summed E-state index contributed by atoms with van der Waals surface area (Å²) >= 11 is 3.44. The minimum Gasteiger partial charge on any atom is -0.479 e. The summed E-state index contributed by atoms with van der Waals surface area (Å²) in [6.45, 7) is 0.423. The number of hydrogen-bond donors (Lipinski definition) is 3.